The van der Waals surface area contributed by atoms with Crippen LogP contribution in [0.25, 0.3) is 0 Å². The van der Waals surface area contributed by atoms with Crippen molar-refractivity contribution in [2.24, 2.45) is 16.3 Å². The fraction of sp³-hybridized carbons (Fsp3) is 0.467. The lowest BCUT2D eigenvalue weighted by Crippen LogP contribution is -2.48. The molecule has 1 fully saturated rings. The largest absolute Gasteiger partial charge is 0.409 e. The van der Waals surface area contributed by atoms with Gasteiger partial charge in [-0.05, 0) is 37.5 Å². The molecule has 0 radical (unpaired) electrons. The quantitative estimate of drug-likeness (QED) is 0.346. The number of halogens is 1. The molecule has 1 amide bonds. The van der Waals surface area contributed by atoms with Crippen LogP contribution in [0, 0.1) is 18.2 Å². The van der Waals surface area contributed by atoms with Gasteiger partial charge in [0.15, 0.2) is 5.84 Å². The van der Waals surface area contributed by atoms with Crippen LogP contribution in [0.2, 0.25) is 0 Å². The van der Waals surface area contributed by atoms with Gasteiger partial charge < -0.3 is 16.3 Å². The Morgan fingerprint density at radius 3 is 2.67 bits per heavy atom. The number of nitrogens with one attached hydrogen (secondary N) is 1. The average molecular weight is 293 g/mol. The molecule has 0 saturated heterocycles. The first-order valence-corrected chi connectivity index (χ1v) is 7.05. The van der Waals surface area contributed by atoms with Gasteiger partial charge in [0.2, 0.25) is 5.91 Å². The number of hydrogen-bond acceptors (Lipinski definition) is 3. The maximum absolute atomic E-state index is 13.3. The van der Waals surface area contributed by atoms with E-state index in [1.54, 1.807) is 13.0 Å². The molecule has 0 aromatic heterocycles. The van der Waals surface area contributed by atoms with Crippen molar-refractivity contribution in [3.8, 4) is 0 Å². The molecule has 0 unspecified atom stereocenters. The Balaban J connectivity index is 2.29. The summed E-state index contributed by atoms with van der Waals surface area (Å²) < 4.78 is 13.3. The molecule has 4 N–H and O–H groups in total. The van der Waals surface area contributed by atoms with Gasteiger partial charge in [-0.25, -0.2) is 4.39 Å². The van der Waals surface area contributed by atoms with Crippen molar-refractivity contribution in [2.75, 3.05) is 5.32 Å². The number of aryl methyl sites for hydroxylation is 1. The molecule has 1 aromatic carbocycles. The van der Waals surface area contributed by atoms with E-state index in [1.165, 1.54) is 12.1 Å². The van der Waals surface area contributed by atoms with E-state index in [9.17, 15) is 9.18 Å². The number of amidine groups is 1. The fourth-order valence-corrected chi connectivity index (χ4v) is 2.82. The number of nitrogens with two attached hydrogens (primary N) is 1. The predicted molar refractivity (Wildman–Crippen MR) is 78.7 cm³/mol. The number of amides is 1. The van der Waals surface area contributed by atoms with Gasteiger partial charge in [-0.3, -0.25) is 4.79 Å². The molecule has 0 aliphatic heterocycles. The molecule has 114 valence electrons. The first-order chi connectivity index (χ1) is 9.99. The number of anilines is 1. The number of rotatable bonds is 3. The van der Waals surface area contributed by atoms with Crippen LogP contribution in [0.5, 0.6) is 0 Å². The highest BCUT2D eigenvalue weighted by molar-refractivity contribution is 6.12. The number of carbonyl (C=O) groups excluding carboxylic acids is 1. The van der Waals surface area contributed by atoms with Gasteiger partial charge in [0.25, 0.3) is 0 Å². The van der Waals surface area contributed by atoms with Crippen molar-refractivity contribution in [3.05, 3.63) is 29.6 Å². The Kier molecular flexibility index (Phi) is 4.45. The summed E-state index contributed by atoms with van der Waals surface area (Å²) in [5, 5.41) is 14.8. The van der Waals surface area contributed by atoms with Crippen LogP contribution in [0.1, 0.15) is 37.7 Å². The van der Waals surface area contributed by atoms with Crippen LogP contribution in [0.15, 0.2) is 23.4 Å². The second kappa shape index (κ2) is 6.11. The van der Waals surface area contributed by atoms with E-state index in [0.29, 0.717) is 18.5 Å². The van der Waals surface area contributed by atoms with Crippen molar-refractivity contribution in [3.63, 3.8) is 0 Å². The third-order valence-corrected chi connectivity index (χ3v) is 4.19. The highest BCUT2D eigenvalue weighted by Gasteiger charge is 2.44. The Labute approximate surface area is 123 Å². The molecule has 21 heavy (non-hydrogen) atoms. The minimum Gasteiger partial charge on any atom is -0.409 e. The van der Waals surface area contributed by atoms with Gasteiger partial charge in [-0.15, -0.1) is 0 Å². The number of hydrogen-bond donors (Lipinski definition) is 3. The zero-order chi connectivity index (χ0) is 15.5. The molecule has 0 bridgehead atoms. The van der Waals surface area contributed by atoms with Gasteiger partial charge in [-0.1, -0.05) is 30.5 Å². The topological polar surface area (TPSA) is 87.7 Å². The number of nitrogens with zero attached hydrogens (tertiary/aromatic N) is 1. The maximum atomic E-state index is 13.3. The molecule has 5 nitrogen and oxygen atoms in total. The average Bonchev–Trinajstić information content (AvgIpc) is 2.50. The second-order valence-corrected chi connectivity index (χ2v) is 5.54. The Bertz CT molecular complexity index is 566. The minimum absolute atomic E-state index is 0.0752. The maximum Gasteiger partial charge on any atom is 0.238 e. The van der Waals surface area contributed by atoms with Crippen molar-refractivity contribution in [1.82, 2.24) is 0 Å². The molecule has 1 aromatic rings. The third kappa shape index (κ3) is 2.99. The standard InChI is InChI=1S/C15H20FN3O2/c1-10-5-6-11(16)9-12(10)18-14(20)15(13(17)19-21)7-3-2-4-8-15/h5-6,9,21H,2-4,7-8H2,1H3,(H2,17,19)(H,18,20). The van der Waals surface area contributed by atoms with E-state index < -0.39 is 11.2 Å². The summed E-state index contributed by atoms with van der Waals surface area (Å²) in [6.45, 7) is 1.78. The molecule has 0 atom stereocenters. The SMILES string of the molecule is Cc1ccc(F)cc1NC(=O)C1(C(N)=NO)CCCCC1. The Morgan fingerprint density at radius 2 is 2.05 bits per heavy atom. The summed E-state index contributed by atoms with van der Waals surface area (Å²) >= 11 is 0. The van der Waals surface area contributed by atoms with Crippen molar-refractivity contribution in [1.29, 1.82) is 0 Å². The first kappa shape index (κ1) is 15.3. The molecule has 1 aliphatic rings. The molecule has 2 rings (SSSR count). The van der Waals surface area contributed by atoms with Gasteiger partial charge >= 0.3 is 0 Å². The number of carbonyl (C=O) groups is 1. The van der Waals surface area contributed by atoms with E-state index in [0.717, 1.165) is 24.8 Å². The third-order valence-electron chi connectivity index (χ3n) is 4.19. The molecule has 1 saturated carbocycles. The molecular formula is C15H20FN3O2. The van der Waals surface area contributed by atoms with Gasteiger partial charge in [0, 0.05) is 5.69 Å². The van der Waals surface area contributed by atoms with E-state index in [-0.39, 0.29) is 11.7 Å². The van der Waals surface area contributed by atoms with Crippen molar-refractivity contribution in [2.45, 2.75) is 39.0 Å². The van der Waals surface area contributed by atoms with Crippen LogP contribution in [-0.2, 0) is 4.79 Å². The molecule has 0 spiro atoms. The highest BCUT2D eigenvalue weighted by atomic mass is 19.1. The summed E-state index contributed by atoms with van der Waals surface area (Å²) in [4.78, 5) is 12.6. The lowest BCUT2D eigenvalue weighted by molar-refractivity contribution is -0.123. The fourth-order valence-electron chi connectivity index (χ4n) is 2.82. The predicted octanol–water partition coefficient (Wildman–Crippen LogP) is 2.77. The Morgan fingerprint density at radius 1 is 1.38 bits per heavy atom. The van der Waals surface area contributed by atoms with Crippen molar-refractivity contribution >= 4 is 17.4 Å². The van der Waals surface area contributed by atoms with Crippen LogP contribution >= 0.6 is 0 Å². The first-order valence-electron chi connectivity index (χ1n) is 7.05. The summed E-state index contributed by atoms with van der Waals surface area (Å²) in [5.41, 5.74) is 5.93. The second-order valence-electron chi connectivity index (χ2n) is 5.54. The monoisotopic (exact) mass is 293 g/mol. The van der Waals surface area contributed by atoms with Gasteiger partial charge in [-0.2, -0.15) is 0 Å². The van der Waals surface area contributed by atoms with Crippen LogP contribution < -0.4 is 11.1 Å². The smallest absolute Gasteiger partial charge is 0.238 e. The zero-order valence-electron chi connectivity index (χ0n) is 12.0. The van der Waals surface area contributed by atoms with Crippen LogP contribution in [0.3, 0.4) is 0 Å². The van der Waals surface area contributed by atoms with Crippen LogP contribution in [0.4, 0.5) is 10.1 Å². The summed E-state index contributed by atoms with van der Waals surface area (Å²) in [5.74, 6) is -0.836. The van der Waals surface area contributed by atoms with E-state index >= 15 is 0 Å². The molecule has 6 heteroatoms. The molecule has 1 aliphatic carbocycles. The lowest BCUT2D eigenvalue weighted by atomic mass is 9.72. The summed E-state index contributed by atoms with van der Waals surface area (Å²) in [7, 11) is 0. The molecule has 0 heterocycles. The van der Waals surface area contributed by atoms with Gasteiger partial charge in [0.1, 0.15) is 11.2 Å². The number of benzene rings is 1. The highest BCUT2D eigenvalue weighted by Crippen LogP contribution is 2.38. The van der Waals surface area contributed by atoms with Crippen molar-refractivity contribution < 1.29 is 14.4 Å². The zero-order valence-corrected chi connectivity index (χ0v) is 12.0. The van der Waals surface area contributed by atoms with Crippen LogP contribution in [-0.4, -0.2) is 17.0 Å². The summed E-state index contributed by atoms with van der Waals surface area (Å²) in [6.07, 6.45) is 3.76. The summed E-state index contributed by atoms with van der Waals surface area (Å²) in [6, 6.07) is 4.21. The molecular weight excluding hydrogens is 273 g/mol. The van der Waals surface area contributed by atoms with E-state index in [1.807, 2.05) is 0 Å². The Hall–Kier alpha value is -2.11. The van der Waals surface area contributed by atoms with E-state index in [4.69, 9.17) is 10.9 Å². The normalized spacial score (nSPS) is 18.3. The van der Waals surface area contributed by atoms with E-state index in [2.05, 4.69) is 10.5 Å². The minimum atomic E-state index is -1.01. The number of oxime groups is 1. The lowest BCUT2D eigenvalue weighted by Gasteiger charge is -2.34. The van der Waals surface area contributed by atoms with Gasteiger partial charge in [0.05, 0.1) is 0 Å².